The van der Waals surface area contributed by atoms with Crippen molar-refractivity contribution in [2.45, 2.75) is 0 Å². The molecule has 58 heavy (non-hydrogen) atoms. The Morgan fingerprint density at radius 3 is 1.45 bits per heavy atom. The largest absolute Gasteiger partial charge is 0.310 e. The summed E-state index contributed by atoms with van der Waals surface area (Å²) in [6.45, 7) is 0. The van der Waals surface area contributed by atoms with Crippen LogP contribution in [0.5, 0.6) is 0 Å². The van der Waals surface area contributed by atoms with Crippen molar-refractivity contribution in [2.24, 2.45) is 0 Å². The summed E-state index contributed by atoms with van der Waals surface area (Å²) in [6, 6.07) is 83.6. The lowest BCUT2D eigenvalue weighted by atomic mass is 9.91. The standard InChI is InChI=1S/C56H38N2/c1-4-16-39(17-5-1)40-30-34-45(35-31-40)57(46-36-32-42(33-37-46)48-28-15-21-43-20-14-27-47(55(43)48)41-18-6-2-7-19-41)54-38-52-50-25-12-13-29-53(50)58(44-22-8-3-9-23-44)56(52)51-26-11-10-24-49(51)54/h1-38H. The minimum atomic E-state index is 1.09. The van der Waals surface area contributed by atoms with Crippen LogP contribution in [0.2, 0.25) is 0 Å². The molecule has 10 aromatic carbocycles. The van der Waals surface area contributed by atoms with Gasteiger partial charge in [-0.2, -0.15) is 0 Å². The molecule has 0 aliphatic heterocycles. The van der Waals surface area contributed by atoms with Crippen LogP contribution < -0.4 is 4.90 Å². The third-order valence-corrected chi connectivity index (χ3v) is 11.6. The number of anilines is 3. The number of benzene rings is 10. The fourth-order valence-electron chi connectivity index (χ4n) is 8.92. The number of fused-ring (bicyclic) bond motifs is 6. The molecule has 0 N–H and O–H groups in total. The zero-order valence-electron chi connectivity index (χ0n) is 31.8. The Morgan fingerprint density at radius 1 is 0.328 bits per heavy atom. The topological polar surface area (TPSA) is 8.17 Å². The SMILES string of the molecule is c1ccc(-c2ccc(N(c3ccc(-c4cccc5cccc(-c6ccccc6)c45)cc3)c3cc4c5ccccc5n(-c5ccccc5)c4c4ccccc34)cc2)cc1. The summed E-state index contributed by atoms with van der Waals surface area (Å²) in [7, 11) is 0. The summed E-state index contributed by atoms with van der Waals surface area (Å²) in [5, 5.41) is 7.35. The highest BCUT2D eigenvalue weighted by atomic mass is 15.1. The Kier molecular flexibility index (Phi) is 8.19. The smallest absolute Gasteiger partial charge is 0.0621 e. The molecule has 2 heteroatoms. The molecule has 0 atom stereocenters. The second-order valence-electron chi connectivity index (χ2n) is 14.9. The maximum absolute atomic E-state index is 2.44. The van der Waals surface area contributed by atoms with E-state index in [4.69, 9.17) is 0 Å². The van der Waals surface area contributed by atoms with Gasteiger partial charge in [0.15, 0.2) is 0 Å². The molecule has 1 aromatic heterocycles. The quantitative estimate of drug-likeness (QED) is 0.158. The highest BCUT2D eigenvalue weighted by Gasteiger charge is 2.22. The number of hydrogen-bond donors (Lipinski definition) is 0. The molecule has 11 aromatic rings. The van der Waals surface area contributed by atoms with Crippen LogP contribution in [0.15, 0.2) is 231 Å². The van der Waals surface area contributed by atoms with Crippen LogP contribution in [-0.2, 0) is 0 Å². The van der Waals surface area contributed by atoms with Crippen molar-refractivity contribution in [1.82, 2.24) is 4.57 Å². The Labute approximate surface area is 338 Å². The third kappa shape index (κ3) is 5.66. The Bertz CT molecular complexity index is 3230. The van der Waals surface area contributed by atoms with Crippen molar-refractivity contribution in [1.29, 1.82) is 0 Å². The van der Waals surface area contributed by atoms with E-state index in [1.165, 1.54) is 76.7 Å². The van der Waals surface area contributed by atoms with Gasteiger partial charge in [0, 0.05) is 38.6 Å². The molecule has 0 saturated heterocycles. The van der Waals surface area contributed by atoms with Gasteiger partial charge < -0.3 is 9.47 Å². The van der Waals surface area contributed by atoms with E-state index in [1.54, 1.807) is 0 Å². The van der Waals surface area contributed by atoms with Gasteiger partial charge in [0.25, 0.3) is 0 Å². The van der Waals surface area contributed by atoms with Crippen molar-refractivity contribution >= 4 is 60.4 Å². The molecule has 0 radical (unpaired) electrons. The summed E-state index contributed by atoms with van der Waals surface area (Å²) in [5.41, 5.74) is 14.2. The van der Waals surface area contributed by atoms with Crippen LogP contribution in [0.1, 0.15) is 0 Å². The van der Waals surface area contributed by atoms with Crippen LogP contribution in [0.3, 0.4) is 0 Å². The summed E-state index contributed by atoms with van der Waals surface area (Å²) < 4.78 is 2.43. The second-order valence-corrected chi connectivity index (χ2v) is 14.9. The first-order chi connectivity index (χ1) is 28.8. The summed E-state index contributed by atoms with van der Waals surface area (Å²) in [5.74, 6) is 0. The van der Waals surface area contributed by atoms with Gasteiger partial charge in [0.2, 0.25) is 0 Å². The zero-order chi connectivity index (χ0) is 38.4. The van der Waals surface area contributed by atoms with Gasteiger partial charge in [-0.1, -0.05) is 182 Å². The van der Waals surface area contributed by atoms with E-state index in [0.29, 0.717) is 0 Å². The molecular formula is C56H38N2. The number of rotatable bonds is 7. The van der Waals surface area contributed by atoms with Crippen molar-refractivity contribution in [3.05, 3.63) is 231 Å². The average Bonchev–Trinajstić information content (AvgIpc) is 3.64. The molecule has 0 aliphatic rings. The van der Waals surface area contributed by atoms with Crippen molar-refractivity contribution < 1.29 is 0 Å². The minimum Gasteiger partial charge on any atom is -0.310 e. The summed E-state index contributed by atoms with van der Waals surface area (Å²) in [4.78, 5) is 2.44. The highest BCUT2D eigenvalue weighted by molar-refractivity contribution is 6.22. The first-order valence-electron chi connectivity index (χ1n) is 19.9. The normalized spacial score (nSPS) is 11.4. The monoisotopic (exact) mass is 738 g/mol. The van der Waals surface area contributed by atoms with Crippen LogP contribution in [0.4, 0.5) is 17.1 Å². The number of aromatic nitrogens is 1. The van der Waals surface area contributed by atoms with E-state index in [-0.39, 0.29) is 0 Å². The molecule has 0 saturated carbocycles. The average molecular weight is 739 g/mol. The Balaban J connectivity index is 1.13. The lowest BCUT2D eigenvalue weighted by molar-refractivity contribution is 1.19. The lowest BCUT2D eigenvalue weighted by Crippen LogP contribution is -2.10. The first kappa shape index (κ1) is 33.6. The maximum Gasteiger partial charge on any atom is 0.0621 e. The molecule has 11 rings (SSSR count). The molecule has 0 aliphatic carbocycles. The van der Waals surface area contributed by atoms with Crippen molar-refractivity contribution in [3.8, 4) is 39.1 Å². The van der Waals surface area contributed by atoms with Gasteiger partial charge in [0.1, 0.15) is 0 Å². The predicted octanol–water partition coefficient (Wildman–Crippen LogP) is 15.6. The molecule has 0 spiro atoms. The van der Waals surface area contributed by atoms with Gasteiger partial charge >= 0.3 is 0 Å². The second kappa shape index (κ2) is 14.1. The van der Waals surface area contributed by atoms with Gasteiger partial charge in [-0.25, -0.2) is 0 Å². The van der Waals surface area contributed by atoms with Crippen LogP contribution in [0.25, 0.3) is 82.4 Å². The minimum absolute atomic E-state index is 1.09. The predicted molar refractivity (Wildman–Crippen MR) is 247 cm³/mol. The molecule has 0 unspecified atom stereocenters. The number of para-hydroxylation sites is 2. The molecule has 2 nitrogen and oxygen atoms in total. The van der Waals surface area contributed by atoms with Crippen molar-refractivity contribution in [3.63, 3.8) is 0 Å². The van der Waals surface area contributed by atoms with Gasteiger partial charge in [0.05, 0.1) is 16.7 Å². The van der Waals surface area contributed by atoms with Gasteiger partial charge in [-0.05, 0) is 92.7 Å². The van der Waals surface area contributed by atoms with Gasteiger partial charge in [-0.15, -0.1) is 0 Å². The van der Waals surface area contributed by atoms with E-state index >= 15 is 0 Å². The summed E-state index contributed by atoms with van der Waals surface area (Å²) in [6.07, 6.45) is 0. The lowest BCUT2D eigenvalue weighted by Gasteiger charge is -2.28. The Hall–Kier alpha value is -7.68. The first-order valence-corrected chi connectivity index (χ1v) is 19.9. The highest BCUT2D eigenvalue weighted by Crippen LogP contribution is 2.46. The zero-order valence-corrected chi connectivity index (χ0v) is 31.8. The fraction of sp³-hybridized carbons (Fsp3) is 0. The molecule has 0 fully saturated rings. The maximum atomic E-state index is 2.44. The van der Waals surface area contributed by atoms with Crippen LogP contribution in [-0.4, -0.2) is 4.57 Å². The van der Waals surface area contributed by atoms with E-state index in [2.05, 4.69) is 240 Å². The molecule has 0 amide bonds. The van der Waals surface area contributed by atoms with E-state index < -0.39 is 0 Å². The molecule has 1 heterocycles. The van der Waals surface area contributed by atoms with Crippen LogP contribution in [0, 0.1) is 0 Å². The summed E-state index contributed by atoms with van der Waals surface area (Å²) >= 11 is 0. The van der Waals surface area contributed by atoms with E-state index in [1.807, 2.05) is 0 Å². The number of nitrogens with zero attached hydrogens (tertiary/aromatic N) is 2. The van der Waals surface area contributed by atoms with E-state index in [0.717, 1.165) is 22.7 Å². The fourth-order valence-corrected chi connectivity index (χ4v) is 8.92. The number of hydrogen-bond acceptors (Lipinski definition) is 1. The molecule has 272 valence electrons. The van der Waals surface area contributed by atoms with Crippen LogP contribution >= 0.6 is 0 Å². The molecular weight excluding hydrogens is 701 g/mol. The Morgan fingerprint density at radius 2 is 0.810 bits per heavy atom. The third-order valence-electron chi connectivity index (χ3n) is 11.6. The molecule has 0 bridgehead atoms. The van der Waals surface area contributed by atoms with Gasteiger partial charge in [-0.3, -0.25) is 0 Å². The van der Waals surface area contributed by atoms with E-state index in [9.17, 15) is 0 Å². The van der Waals surface area contributed by atoms with Crippen molar-refractivity contribution in [2.75, 3.05) is 4.90 Å².